The number of carbonyl (C=O) groups is 1. The molecule has 0 amide bonds. The number of hydrogen-bond acceptors (Lipinski definition) is 3. The molecular formula is C11H21NO2. The lowest BCUT2D eigenvalue weighted by molar-refractivity contribution is -0.143. The Kier molecular flexibility index (Phi) is 4.94. The SMILES string of the molecule is CCC(NCCC1CCC1)C(=O)OC. The number of esters is 1. The third-order valence-electron chi connectivity index (χ3n) is 3.06. The second-order valence-corrected chi connectivity index (χ2v) is 4.02. The molecule has 3 nitrogen and oxygen atoms in total. The third-order valence-corrected chi connectivity index (χ3v) is 3.06. The van der Waals surface area contributed by atoms with Crippen LogP contribution in [0.3, 0.4) is 0 Å². The molecule has 1 rings (SSSR count). The molecule has 82 valence electrons. The third kappa shape index (κ3) is 3.29. The van der Waals surface area contributed by atoms with E-state index in [0.717, 1.165) is 18.9 Å². The highest BCUT2D eigenvalue weighted by molar-refractivity contribution is 5.75. The van der Waals surface area contributed by atoms with E-state index in [-0.39, 0.29) is 12.0 Å². The van der Waals surface area contributed by atoms with Crippen molar-refractivity contribution >= 4 is 5.97 Å². The van der Waals surface area contributed by atoms with Gasteiger partial charge in [-0.25, -0.2) is 0 Å². The summed E-state index contributed by atoms with van der Waals surface area (Å²) in [5.41, 5.74) is 0. The minimum atomic E-state index is -0.138. The van der Waals surface area contributed by atoms with Crippen LogP contribution in [0.2, 0.25) is 0 Å². The first-order valence-electron chi connectivity index (χ1n) is 5.59. The zero-order valence-electron chi connectivity index (χ0n) is 9.21. The van der Waals surface area contributed by atoms with Crippen LogP contribution in [0.25, 0.3) is 0 Å². The van der Waals surface area contributed by atoms with Gasteiger partial charge in [-0.05, 0) is 25.3 Å². The van der Waals surface area contributed by atoms with E-state index in [1.165, 1.54) is 32.8 Å². The average Bonchev–Trinajstić information content (AvgIpc) is 2.14. The lowest BCUT2D eigenvalue weighted by Gasteiger charge is -2.26. The van der Waals surface area contributed by atoms with Gasteiger partial charge >= 0.3 is 5.97 Å². The molecule has 0 aliphatic heterocycles. The summed E-state index contributed by atoms with van der Waals surface area (Å²) in [4.78, 5) is 11.2. The van der Waals surface area contributed by atoms with Crippen LogP contribution in [-0.2, 0) is 9.53 Å². The van der Waals surface area contributed by atoms with Crippen molar-refractivity contribution in [1.82, 2.24) is 5.32 Å². The Bertz CT molecular complexity index is 178. The smallest absolute Gasteiger partial charge is 0.322 e. The van der Waals surface area contributed by atoms with Gasteiger partial charge in [0.2, 0.25) is 0 Å². The summed E-state index contributed by atoms with van der Waals surface area (Å²) >= 11 is 0. The molecule has 1 aliphatic carbocycles. The van der Waals surface area contributed by atoms with Gasteiger partial charge in [-0.1, -0.05) is 26.2 Å². The Morgan fingerprint density at radius 3 is 2.71 bits per heavy atom. The Labute approximate surface area is 86.2 Å². The molecule has 0 spiro atoms. The van der Waals surface area contributed by atoms with Gasteiger partial charge in [0.25, 0.3) is 0 Å². The predicted octanol–water partition coefficient (Wildman–Crippen LogP) is 1.72. The van der Waals surface area contributed by atoms with Crippen molar-refractivity contribution in [2.45, 2.75) is 45.1 Å². The van der Waals surface area contributed by atoms with Gasteiger partial charge in [-0.2, -0.15) is 0 Å². The quantitative estimate of drug-likeness (QED) is 0.662. The maximum atomic E-state index is 11.2. The van der Waals surface area contributed by atoms with E-state index in [4.69, 9.17) is 4.74 Å². The molecule has 1 unspecified atom stereocenters. The molecule has 1 fully saturated rings. The lowest BCUT2D eigenvalue weighted by atomic mass is 9.83. The maximum Gasteiger partial charge on any atom is 0.322 e. The fourth-order valence-corrected chi connectivity index (χ4v) is 1.78. The molecule has 1 saturated carbocycles. The summed E-state index contributed by atoms with van der Waals surface area (Å²) in [6.45, 7) is 2.94. The normalized spacial score (nSPS) is 18.7. The van der Waals surface area contributed by atoms with Crippen molar-refractivity contribution in [2.24, 2.45) is 5.92 Å². The highest BCUT2D eigenvalue weighted by Gasteiger charge is 2.19. The van der Waals surface area contributed by atoms with E-state index >= 15 is 0 Å². The number of methoxy groups -OCH3 is 1. The Balaban J connectivity index is 2.09. The summed E-state index contributed by atoms with van der Waals surface area (Å²) in [5.74, 6) is 0.763. The minimum Gasteiger partial charge on any atom is -0.468 e. The maximum absolute atomic E-state index is 11.2. The molecule has 0 heterocycles. The van der Waals surface area contributed by atoms with Gasteiger partial charge in [0, 0.05) is 0 Å². The van der Waals surface area contributed by atoms with Crippen molar-refractivity contribution in [3.63, 3.8) is 0 Å². The number of ether oxygens (including phenoxy) is 1. The van der Waals surface area contributed by atoms with E-state index in [1.807, 2.05) is 6.92 Å². The molecule has 0 radical (unpaired) electrons. The van der Waals surface area contributed by atoms with Crippen LogP contribution in [0.15, 0.2) is 0 Å². The van der Waals surface area contributed by atoms with Crippen LogP contribution in [0, 0.1) is 5.92 Å². The first kappa shape index (κ1) is 11.5. The van der Waals surface area contributed by atoms with Gasteiger partial charge in [0.15, 0.2) is 0 Å². The topological polar surface area (TPSA) is 38.3 Å². The van der Waals surface area contributed by atoms with Crippen molar-refractivity contribution < 1.29 is 9.53 Å². The molecule has 14 heavy (non-hydrogen) atoms. The summed E-state index contributed by atoms with van der Waals surface area (Å²) in [6, 6.07) is -0.111. The highest BCUT2D eigenvalue weighted by atomic mass is 16.5. The van der Waals surface area contributed by atoms with Crippen molar-refractivity contribution in [2.75, 3.05) is 13.7 Å². The molecular weight excluding hydrogens is 178 g/mol. The molecule has 0 bridgehead atoms. The van der Waals surface area contributed by atoms with Crippen LogP contribution in [0.1, 0.15) is 39.0 Å². The standard InChI is InChI=1S/C11H21NO2/c1-3-10(11(13)14-2)12-8-7-9-5-4-6-9/h9-10,12H,3-8H2,1-2H3. The second kappa shape index (κ2) is 6.02. The lowest BCUT2D eigenvalue weighted by Crippen LogP contribution is -2.38. The van der Waals surface area contributed by atoms with E-state index in [0.29, 0.717) is 0 Å². The fraction of sp³-hybridized carbons (Fsp3) is 0.909. The second-order valence-electron chi connectivity index (χ2n) is 4.02. The highest BCUT2D eigenvalue weighted by Crippen LogP contribution is 2.28. The molecule has 1 aliphatic rings. The summed E-state index contributed by atoms with van der Waals surface area (Å²) < 4.78 is 4.70. The van der Waals surface area contributed by atoms with Gasteiger partial charge in [0.1, 0.15) is 6.04 Å². The van der Waals surface area contributed by atoms with E-state index in [9.17, 15) is 4.79 Å². The number of hydrogen-bond donors (Lipinski definition) is 1. The average molecular weight is 199 g/mol. The van der Waals surface area contributed by atoms with Crippen LogP contribution in [-0.4, -0.2) is 25.7 Å². The zero-order chi connectivity index (χ0) is 10.4. The summed E-state index contributed by atoms with van der Waals surface area (Å²) in [6.07, 6.45) is 6.14. The Morgan fingerprint density at radius 2 is 2.29 bits per heavy atom. The molecule has 1 N–H and O–H groups in total. The van der Waals surface area contributed by atoms with Crippen LogP contribution in [0.5, 0.6) is 0 Å². The van der Waals surface area contributed by atoms with Crippen LogP contribution in [0.4, 0.5) is 0 Å². The summed E-state index contributed by atoms with van der Waals surface area (Å²) in [7, 11) is 1.44. The monoisotopic (exact) mass is 199 g/mol. The van der Waals surface area contributed by atoms with E-state index < -0.39 is 0 Å². The van der Waals surface area contributed by atoms with Gasteiger partial charge in [0.05, 0.1) is 7.11 Å². The van der Waals surface area contributed by atoms with Crippen molar-refractivity contribution in [3.8, 4) is 0 Å². The van der Waals surface area contributed by atoms with Crippen molar-refractivity contribution in [1.29, 1.82) is 0 Å². The number of carbonyl (C=O) groups excluding carboxylic acids is 1. The molecule has 0 aromatic heterocycles. The molecule has 0 saturated heterocycles. The number of nitrogens with one attached hydrogen (secondary N) is 1. The predicted molar refractivity (Wildman–Crippen MR) is 56.1 cm³/mol. The van der Waals surface area contributed by atoms with Gasteiger partial charge in [-0.3, -0.25) is 4.79 Å². The Hall–Kier alpha value is -0.570. The first-order chi connectivity index (χ1) is 6.77. The largest absolute Gasteiger partial charge is 0.468 e. The van der Waals surface area contributed by atoms with Gasteiger partial charge in [-0.15, -0.1) is 0 Å². The van der Waals surface area contributed by atoms with E-state index in [1.54, 1.807) is 0 Å². The molecule has 0 aromatic carbocycles. The minimum absolute atomic E-state index is 0.111. The molecule has 0 aromatic rings. The van der Waals surface area contributed by atoms with Crippen molar-refractivity contribution in [3.05, 3.63) is 0 Å². The molecule has 1 atom stereocenters. The zero-order valence-corrected chi connectivity index (χ0v) is 9.21. The summed E-state index contributed by atoms with van der Waals surface area (Å²) in [5, 5.41) is 3.24. The van der Waals surface area contributed by atoms with Gasteiger partial charge < -0.3 is 10.1 Å². The number of rotatable bonds is 6. The fourth-order valence-electron chi connectivity index (χ4n) is 1.78. The van der Waals surface area contributed by atoms with Crippen LogP contribution < -0.4 is 5.32 Å². The first-order valence-corrected chi connectivity index (χ1v) is 5.59. The Morgan fingerprint density at radius 1 is 1.57 bits per heavy atom. The van der Waals surface area contributed by atoms with Crippen LogP contribution >= 0.6 is 0 Å². The van der Waals surface area contributed by atoms with E-state index in [2.05, 4.69) is 5.32 Å². The molecule has 3 heteroatoms.